The topological polar surface area (TPSA) is 119 Å². The summed E-state index contributed by atoms with van der Waals surface area (Å²) in [6.45, 7) is -0.465. The molecule has 0 saturated heterocycles. The van der Waals surface area contributed by atoms with Crippen molar-refractivity contribution in [3.63, 3.8) is 0 Å². The third-order valence-electron chi connectivity index (χ3n) is 2.74. The van der Waals surface area contributed by atoms with Gasteiger partial charge in [0, 0.05) is 0 Å². The Balaban J connectivity index is 2.29. The molecule has 0 aliphatic carbocycles. The van der Waals surface area contributed by atoms with Gasteiger partial charge in [0.25, 0.3) is 11.7 Å². The lowest BCUT2D eigenvalue weighted by Gasteiger charge is -2.15. The number of nitrogens with one attached hydrogen (secondary N) is 1. The second-order valence-corrected chi connectivity index (χ2v) is 4.02. The third-order valence-corrected chi connectivity index (χ3v) is 2.74. The van der Waals surface area contributed by atoms with Crippen molar-refractivity contribution in [2.45, 2.75) is 0 Å². The minimum Gasteiger partial charge on any atom is -0.497 e. The SMILES string of the molecule is COc1ccc2c(c1)C(=O)C(=O)N2CC(=O)NC(N)=O. The van der Waals surface area contributed by atoms with Crippen molar-refractivity contribution in [3.05, 3.63) is 23.8 Å². The zero-order chi connectivity index (χ0) is 14.9. The fourth-order valence-corrected chi connectivity index (χ4v) is 1.88. The Bertz CT molecular complexity index is 626. The molecule has 1 aliphatic heterocycles. The molecule has 1 heterocycles. The molecule has 0 atom stereocenters. The standard InChI is InChI=1S/C12H11N3O5/c1-20-6-2-3-8-7(4-6)10(17)11(18)15(8)5-9(16)14-12(13)19/h2-4H,5H2,1H3,(H3,13,14,16,19). The summed E-state index contributed by atoms with van der Waals surface area (Å²) in [6, 6.07) is 3.45. The lowest BCUT2D eigenvalue weighted by molar-refractivity contribution is -0.121. The fourth-order valence-electron chi connectivity index (χ4n) is 1.88. The average molecular weight is 277 g/mol. The molecule has 0 spiro atoms. The highest BCUT2D eigenvalue weighted by molar-refractivity contribution is 6.52. The van der Waals surface area contributed by atoms with Crippen LogP contribution in [-0.4, -0.2) is 37.3 Å². The van der Waals surface area contributed by atoms with Crippen LogP contribution >= 0.6 is 0 Å². The number of hydrogen-bond acceptors (Lipinski definition) is 5. The molecule has 3 N–H and O–H groups in total. The second-order valence-electron chi connectivity index (χ2n) is 4.02. The van der Waals surface area contributed by atoms with Gasteiger partial charge in [-0.15, -0.1) is 0 Å². The number of methoxy groups -OCH3 is 1. The van der Waals surface area contributed by atoms with Gasteiger partial charge in [-0.1, -0.05) is 0 Å². The highest BCUT2D eigenvalue weighted by Crippen LogP contribution is 2.31. The van der Waals surface area contributed by atoms with Gasteiger partial charge >= 0.3 is 6.03 Å². The first-order valence-corrected chi connectivity index (χ1v) is 5.57. The van der Waals surface area contributed by atoms with Crippen LogP contribution in [0.4, 0.5) is 10.5 Å². The lowest BCUT2D eigenvalue weighted by Crippen LogP contribution is -2.44. The van der Waals surface area contributed by atoms with E-state index in [-0.39, 0.29) is 5.56 Å². The van der Waals surface area contributed by atoms with Crippen LogP contribution in [0.3, 0.4) is 0 Å². The molecule has 1 aromatic rings. The third kappa shape index (κ3) is 2.30. The van der Waals surface area contributed by atoms with Crippen LogP contribution in [-0.2, 0) is 9.59 Å². The van der Waals surface area contributed by atoms with Crippen LogP contribution in [0.15, 0.2) is 18.2 Å². The number of carbonyl (C=O) groups excluding carboxylic acids is 4. The zero-order valence-corrected chi connectivity index (χ0v) is 10.5. The Kier molecular flexibility index (Phi) is 3.38. The van der Waals surface area contributed by atoms with E-state index in [2.05, 4.69) is 0 Å². The molecule has 0 fully saturated rings. The number of fused-ring (bicyclic) bond motifs is 1. The normalized spacial score (nSPS) is 13.2. The number of imide groups is 1. The largest absolute Gasteiger partial charge is 0.497 e. The van der Waals surface area contributed by atoms with Crippen molar-refractivity contribution < 1.29 is 23.9 Å². The molecular formula is C12H11N3O5. The first kappa shape index (κ1) is 13.5. The van der Waals surface area contributed by atoms with Crippen molar-refractivity contribution in [1.82, 2.24) is 5.32 Å². The first-order valence-electron chi connectivity index (χ1n) is 5.57. The number of ether oxygens (including phenoxy) is 1. The molecule has 0 saturated carbocycles. The van der Waals surface area contributed by atoms with Crippen LogP contribution in [0.25, 0.3) is 0 Å². The highest BCUT2D eigenvalue weighted by Gasteiger charge is 2.37. The number of primary amides is 1. The minimum absolute atomic E-state index is 0.154. The number of rotatable bonds is 3. The molecule has 8 heteroatoms. The molecule has 4 amide bonds. The number of Topliss-reactive ketones (excluding diaryl/α,β-unsaturated/α-hetero) is 1. The van der Waals surface area contributed by atoms with Crippen LogP contribution in [0, 0.1) is 0 Å². The van der Waals surface area contributed by atoms with E-state index < -0.39 is 30.2 Å². The number of ketones is 1. The Morgan fingerprint density at radius 2 is 2.05 bits per heavy atom. The van der Waals surface area contributed by atoms with Crippen LogP contribution in [0.5, 0.6) is 5.75 Å². The predicted molar refractivity (Wildman–Crippen MR) is 67.4 cm³/mol. The molecule has 1 aromatic carbocycles. The summed E-state index contributed by atoms with van der Waals surface area (Å²) in [7, 11) is 1.43. The minimum atomic E-state index is -1.03. The van der Waals surface area contributed by atoms with Gasteiger partial charge in [-0.25, -0.2) is 4.79 Å². The summed E-state index contributed by atoms with van der Waals surface area (Å²) in [6.07, 6.45) is 0. The van der Waals surface area contributed by atoms with Gasteiger partial charge in [0.05, 0.1) is 18.4 Å². The number of amides is 4. The number of urea groups is 1. The Labute approximate surface area is 113 Å². The maximum absolute atomic E-state index is 11.8. The van der Waals surface area contributed by atoms with Crippen LogP contribution < -0.4 is 20.7 Å². The summed E-state index contributed by atoms with van der Waals surface area (Å²) in [5.41, 5.74) is 5.25. The molecule has 8 nitrogen and oxygen atoms in total. The van der Waals surface area contributed by atoms with Crippen LogP contribution in [0.2, 0.25) is 0 Å². The van der Waals surface area contributed by atoms with Gasteiger partial charge < -0.3 is 10.5 Å². The molecule has 1 aliphatic rings. The quantitative estimate of drug-likeness (QED) is 0.716. The smallest absolute Gasteiger partial charge is 0.318 e. The van der Waals surface area contributed by atoms with Gasteiger partial charge in [0.15, 0.2) is 0 Å². The summed E-state index contributed by atoms with van der Waals surface area (Å²) in [4.78, 5) is 46.6. The van der Waals surface area contributed by atoms with Gasteiger partial charge in [-0.2, -0.15) is 0 Å². The van der Waals surface area contributed by atoms with E-state index in [0.717, 1.165) is 4.90 Å². The Morgan fingerprint density at radius 3 is 2.65 bits per heavy atom. The maximum Gasteiger partial charge on any atom is 0.318 e. The van der Waals surface area contributed by atoms with Gasteiger partial charge in [-0.05, 0) is 18.2 Å². The molecular weight excluding hydrogens is 266 g/mol. The lowest BCUT2D eigenvalue weighted by atomic mass is 10.1. The molecule has 104 valence electrons. The average Bonchev–Trinajstić information content (AvgIpc) is 2.62. The van der Waals surface area contributed by atoms with Crippen molar-refractivity contribution in [3.8, 4) is 5.75 Å². The summed E-state index contributed by atoms with van der Waals surface area (Å²) >= 11 is 0. The van der Waals surface area contributed by atoms with Crippen molar-refractivity contribution in [2.75, 3.05) is 18.6 Å². The van der Waals surface area contributed by atoms with E-state index in [9.17, 15) is 19.2 Å². The van der Waals surface area contributed by atoms with Gasteiger partial charge in [0.2, 0.25) is 5.91 Å². The Morgan fingerprint density at radius 1 is 1.35 bits per heavy atom. The predicted octanol–water partition coefficient (Wildman–Crippen LogP) is -0.581. The number of hydrogen-bond donors (Lipinski definition) is 2. The number of benzene rings is 1. The van der Waals surface area contributed by atoms with Gasteiger partial charge in [-0.3, -0.25) is 24.6 Å². The van der Waals surface area contributed by atoms with Crippen LogP contribution in [0.1, 0.15) is 10.4 Å². The van der Waals surface area contributed by atoms with Gasteiger partial charge in [0.1, 0.15) is 12.3 Å². The summed E-state index contributed by atoms with van der Waals surface area (Å²) in [5, 5.41) is 1.83. The van der Waals surface area contributed by atoms with Crippen molar-refractivity contribution in [1.29, 1.82) is 0 Å². The number of nitrogens with zero attached hydrogens (tertiary/aromatic N) is 1. The summed E-state index contributed by atoms with van der Waals surface area (Å²) in [5.74, 6) is -1.92. The van der Waals surface area contributed by atoms with E-state index in [1.165, 1.54) is 19.2 Å². The monoisotopic (exact) mass is 277 g/mol. The number of carbonyl (C=O) groups is 4. The molecule has 0 radical (unpaired) electrons. The van der Waals surface area contributed by atoms with E-state index in [0.29, 0.717) is 11.4 Å². The molecule has 0 bridgehead atoms. The fraction of sp³-hybridized carbons (Fsp3) is 0.167. The molecule has 20 heavy (non-hydrogen) atoms. The molecule has 2 rings (SSSR count). The zero-order valence-electron chi connectivity index (χ0n) is 10.5. The summed E-state index contributed by atoms with van der Waals surface area (Å²) < 4.78 is 4.97. The number of nitrogens with two attached hydrogens (primary N) is 1. The van der Waals surface area contributed by atoms with E-state index in [1.54, 1.807) is 6.07 Å². The van der Waals surface area contributed by atoms with E-state index >= 15 is 0 Å². The second kappa shape index (κ2) is 5.00. The van der Waals surface area contributed by atoms with Crippen molar-refractivity contribution >= 4 is 29.3 Å². The highest BCUT2D eigenvalue weighted by atomic mass is 16.5. The number of anilines is 1. The Hall–Kier alpha value is -2.90. The van der Waals surface area contributed by atoms with E-state index in [1.807, 2.05) is 5.32 Å². The van der Waals surface area contributed by atoms with E-state index in [4.69, 9.17) is 10.5 Å². The maximum atomic E-state index is 11.8. The first-order chi connectivity index (χ1) is 9.43. The van der Waals surface area contributed by atoms with Crippen molar-refractivity contribution in [2.24, 2.45) is 5.73 Å². The molecule has 0 unspecified atom stereocenters. The molecule has 0 aromatic heterocycles.